The number of carbonyl (C=O) groups excluding carboxylic acids is 2. The van der Waals surface area contributed by atoms with Crippen molar-refractivity contribution < 1.29 is 9.59 Å². The fourth-order valence-corrected chi connectivity index (χ4v) is 0.653. The van der Waals surface area contributed by atoms with Gasteiger partial charge in [0, 0.05) is 25.6 Å². The summed E-state index contributed by atoms with van der Waals surface area (Å²) < 4.78 is 0. The van der Waals surface area contributed by atoms with Gasteiger partial charge in [0.05, 0.1) is 0 Å². The molecule has 0 heterocycles. The largest absolute Gasteiger partial charge is 0.354 e. The van der Waals surface area contributed by atoms with E-state index in [0.717, 1.165) is 0 Å². The summed E-state index contributed by atoms with van der Waals surface area (Å²) in [5.74, 6) is -0.317. The van der Waals surface area contributed by atoms with Gasteiger partial charge in [0.25, 0.3) is 0 Å². The van der Waals surface area contributed by atoms with Crippen molar-refractivity contribution >= 4 is 11.9 Å². The Labute approximate surface area is 77.0 Å². The monoisotopic (exact) mass is 188 g/mol. The van der Waals surface area contributed by atoms with Gasteiger partial charge in [0.1, 0.15) is 0 Å². The summed E-state index contributed by atoms with van der Waals surface area (Å²) in [6, 6.07) is -0.596. The molecule has 0 aliphatic carbocycles. The fourth-order valence-electron chi connectivity index (χ4n) is 0.653. The van der Waals surface area contributed by atoms with Gasteiger partial charge in [0.2, 0.25) is 5.91 Å². The number of urea groups is 1. The number of hydrogen-bond donors (Lipinski definition) is 4. The maximum atomic E-state index is 11.1. The number of amides is 3. The highest BCUT2D eigenvalue weighted by Gasteiger charge is 2.08. The van der Waals surface area contributed by atoms with Crippen molar-refractivity contribution in [3.05, 3.63) is 0 Å². The molecule has 0 saturated carbocycles. The van der Waals surface area contributed by atoms with E-state index in [1.807, 2.05) is 0 Å². The third kappa shape index (κ3) is 5.92. The second-order valence-corrected chi connectivity index (χ2v) is 2.72. The molecule has 0 fully saturated rings. The average molecular weight is 188 g/mol. The average Bonchev–Trinajstić information content (AvgIpc) is 2.10. The molecule has 6 N–H and O–H groups in total. The van der Waals surface area contributed by atoms with Gasteiger partial charge in [-0.05, 0) is 0 Å². The zero-order valence-electron chi connectivity index (χ0n) is 7.67. The summed E-state index contributed by atoms with van der Waals surface area (Å²) in [6.07, 6.45) is 0. The molecule has 0 spiro atoms. The lowest BCUT2D eigenvalue weighted by molar-refractivity contribution is -0.124. The predicted molar refractivity (Wildman–Crippen MR) is 48.8 cm³/mol. The Morgan fingerprint density at radius 3 is 2.31 bits per heavy atom. The van der Waals surface area contributed by atoms with Gasteiger partial charge in [-0.2, -0.15) is 0 Å². The van der Waals surface area contributed by atoms with Crippen LogP contribution in [-0.2, 0) is 4.79 Å². The first-order chi connectivity index (χ1) is 6.07. The van der Waals surface area contributed by atoms with Crippen LogP contribution in [-0.4, -0.2) is 31.6 Å². The first-order valence-electron chi connectivity index (χ1n) is 4.09. The van der Waals surface area contributed by atoms with E-state index in [9.17, 15) is 9.59 Å². The predicted octanol–water partition coefficient (Wildman–Crippen LogP) is -1.63. The molecule has 6 nitrogen and oxygen atoms in total. The molecule has 3 amide bonds. The topological polar surface area (TPSA) is 110 Å². The molecule has 0 saturated heterocycles. The minimum absolute atomic E-state index is 0.117. The molecule has 1 unspecified atom stereocenters. The Balaban J connectivity index is 3.42. The van der Waals surface area contributed by atoms with Crippen LogP contribution in [0.15, 0.2) is 0 Å². The van der Waals surface area contributed by atoms with Crippen LogP contribution >= 0.6 is 0 Å². The van der Waals surface area contributed by atoms with Crippen LogP contribution in [0.2, 0.25) is 0 Å². The highest BCUT2D eigenvalue weighted by atomic mass is 16.2. The Morgan fingerprint density at radius 2 is 1.85 bits per heavy atom. The van der Waals surface area contributed by atoms with Crippen LogP contribution in [0.1, 0.15) is 6.92 Å². The first-order valence-corrected chi connectivity index (χ1v) is 4.09. The summed E-state index contributed by atoms with van der Waals surface area (Å²) in [7, 11) is 0. The molecule has 0 aliphatic heterocycles. The maximum Gasteiger partial charge on any atom is 0.312 e. The van der Waals surface area contributed by atoms with Crippen molar-refractivity contribution in [2.75, 3.05) is 19.6 Å². The summed E-state index contributed by atoms with van der Waals surface area (Å²) in [6.45, 7) is 2.75. The van der Waals surface area contributed by atoms with Gasteiger partial charge < -0.3 is 22.1 Å². The van der Waals surface area contributed by atoms with E-state index >= 15 is 0 Å². The Kier molecular flexibility index (Phi) is 5.62. The minimum Gasteiger partial charge on any atom is -0.354 e. The first kappa shape index (κ1) is 11.7. The van der Waals surface area contributed by atoms with E-state index in [-0.39, 0.29) is 11.8 Å². The SMILES string of the molecule is CC(CN)C(=O)NCCNC(N)=O. The quantitative estimate of drug-likeness (QED) is 0.388. The number of primary amides is 1. The van der Waals surface area contributed by atoms with Crippen molar-refractivity contribution in [3.8, 4) is 0 Å². The molecule has 76 valence electrons. The van der Waals surface area contributed by atoms with Gasteiger partial charge >= 0.3 is 6.03 Å². The smallest absolute Gasteiger partial charge is 0.312 e. The molecule has 0 rings (SSSR count). The van der Waals surface area contributed by atoms with Crippen molar-refractivity contribution in [2.24, 2.45) is 17.4 Å². The van der Waals surface area contributed by atoms with Crippen LogP contribution in [0.4, 0.5) is 4.79 Å². The highest BCUT2D eigenvalue weighted by molar-refractivity contribution is 5.78. The summed E-state index contributed by atoms with van der Waals surface area (Å²) >= 11 is 0. The van der Waals surface area contributed by atoms with Gasteiger partial charge in [-0.1, -0.05) is 6.92 Å². The van der Waals surface area contributed by atoms with Crippen LogP contribution in [0.25, 0.3) is 0 Å². The normalized spacial score (nSPS) is 11.8. The lowest BCUT2D eigenvalue weighted by Gasteiger charge is -2.09. The van der Waals surface area contributed by atoms with Crippen LogP contribution < -0.4 is 22.1 Å². The standard InChI is InChI=1S/C7H16N4O2/c1-5(4-8)6(12)10-2-3-11-7(9)13/h5H,2-4,8H2,1H3,(H,10,12)(H3,9,11,13). The Bertz CT molecular complexity index is 183. The van der Waals surface area contributed by atoms with E-state index in [4.69, 9.17) is 11.5 Å². The number of rotatable bonds is 5. The molecule has 0 aliphatic rings. The highest BCUT2D eigenvalue weighted by Crippen LogP contribution is 1.88. The molecule has 13 heavy (non-hydrogen) atoms. The summed E-state index contributed by atoms with van der Waals surface area (Å²) in [5.41, 5.74) is 10.1. The van der Waals surface area contributed by atoms with E-state index in [2.05, 4.69) is 10.6 Å². The van der Waals surface area contributed by atoms with E-state index in [0.29, 0.717) is 19.6 Å². The fraction of sp³-hybridized carbons (Fsp3) is 0.714. The summed E-state index contributed by atoms with van der Waals surface area (Å²) in [5, 5.41) is 4.95. The van der Waals surface area contributed by atoms with Gasteiger partial charge in [0.15, 0.2) is 0 Å². The Hall–Kier alpha value is -1.30. The molecular formula is C7H16N4O2. The van der Waals surface area contributed by atoms with Crippen molar-refractivity contribution in [3.63, 3.8) is 0 Å². The van der Waals surface area contributed by atoms with E-state index in [1.165, 1.54) is 0 Å². The van der Waals surface area contributed by atoms with Crippen molar-refractivity contribution in [2.45, 2.75) is 6.92 Å². The summed E-state index contributed by atoms with van der Waals surface area (Å²) in [4.78, 5) is 21.3. The number of hydrogen-bond acceptors (Lipinski definition) is 3. The van der Waals surface area contributed by atoms with Crippen LogP contribution in [0.3, 0.4) is 0 Å². The molecule has 0 aromatic rings. The van der Waals surface area contributed by atoms with Crippen LogP contribution in [0, 0.1) is 5.92 Å². The van der Waals surface area contributed by atoms with Crippen molar-refractivity contribution in [1.29, 1.82) is 0 Å². The second kappa shape index (κ2) is 6.24. The number of nitrogens with two attached hydrogens (primary N) is 2. The van der Waals surface area contributed by atoms with Gasteiger partial charge in [-0.3, -0.25) is 4.79 Å². The number of carbonyl (C=O) groups is 2. The van der Waals surface area contributed by atoms with Gasteiger partial charge in [-0.15, -0.1) is 0 Å². The van der Waals surface area contributed by atoms with E-state index < -0.39 is 6.03 Å². The molecule has 0 bridgehead atoms. The molecular weight excluding hydrogens is 172 g/mol. The third-order valence-corrected chi connectivity index (χ3v) is 1.52. The lowest BCUT2D eigenvalue weighted by Crippen LogP contribution is -2.40. The maximum absolute atomic E-state index is 11.1. The lowest BCUT2D eigenvalue weighted by atomic mass is 10.2. The zero-order valence-corrected chi connectivity index (χ0v) is 7.67. The van der Waals surface area contributed by atoms with E-state index in [1.54, 1.807) is 6.92 Å². The van der Waals surface area contributed by atoms with Crippen LogP contribution in [0.5, 0.6) is 0 Å². The number of nitrogens with one attached hydrogen (secondary N) is 2. The van der Waals surface area contributed by atoms with Gasteiger partial charge in [-0.25, -0.2) is 4.79 Å². The third-order valence-electron chi connectivity index (χ3n) is 1.52. The molecule has 0 aromatic carbocycles. The second-order valence-electron chi connectivity index (χ2n) is 2.72. The molecule has 0 aromatic heterocycles. The Morgan fingerprint density at radius 1 is 1.31 bits per heavy atom. The molecule has 0 radical (unpaired) electrons. The van der Waals surface area contributed by atoms with Crippen molar-refractivity contribution in [1.82, 2.24) is 10.6 Å². The molecule has 6 heteroatoms. The minimum atomic E-state index is -0.596. The zero-order chi connectivity index (χ0) is 10.3. The molecule has 1 atom stereocenters.